The van der Waals surface area contributed by atoms with E-state index < -0.39 is 34.9 Å². The van der Waals surface area contributed by atoms with Crippen LogP contribution in [0.2, 0.25) is 5.02 Å². The highest BCUT2D eigenvalue weighted by atomic mass is 35.5. The Hall–Kier alpha value is -3.98. The number of halogens is 1. The van der Waals surface area contributed by atoms with Gasteiger partial charge in [0, 0.05) is 12.1 Å². The number of rotatable bonds is 5. The molecule has 0 spiro atoms. The van der Waals surface area contributed by atoms with E-state index in [0.29, 0.717) is 5.56 Å². The molecule has 0 aromatic heterocycles. The van der Waals surface area contributed by atoms with Gasteiger partial charge in [-0.25, -0.2) is 4.79 Å². The van der Waals surface area contributed by atoms with E-state index in [1.807, 2.05) is 36.4 Å². The molecule has 0 bridgehead atoms. The third kappa shape index (κ3) is 3.74. The Morgan fingerprint density at radius 1 is 1.12 bits per heavy atom. The number of hydrogen-bond donors (Lipinski definition) is 2. The van der Waals surface area contributed by atoms with Crippen molar-refractivity contribution in [1.82, 2.24) is 10.2 Å². The highest BCUT2D eigenvalue weighted by Crippen LogP contribution is 2.31. The minimum absolute atomic E-state index is 0.00946. The van der Waals surface area contributed by atoms with Gasteiger partial charge in [0.25, 0.3) is 11.6 Å². The second-order valence-corrected chi connectivity index (χ2v) is 7.89. The molecule has 10 heteroatoms. The van der Waals surface area contributed by atoms with Gasteiger partial charge in [0.15, 0.2) is 0 Å². The summed E-state index contributed by atoms with van der Waals surface area (Å²) < 4.78 is 0. The van der Waals surface area contributed by atoms with Crippen LogP contribution in [-0.4, -0.2) is 34.2 Å². The number of non-ortho nitro benzene ring substituents is 1. The average molecular weight is 453 g/mol. The van der Waals surface area contributed by atoms with Crippen molar-refractivity contribution in [2.75, 3.05) is 11.9 Å². The fraction of sp³-hybridized carbons (Fsp3) is 0.136. The zero-order valence-corrected chi connectivity index (χ0v) is 17.6. The maximum Gasteiger partial charge on any atom is 0.325 e. The van der Waals surface area contributed by atoms with Gasteiger partial charge in [-0.1, -0.05) is 48.0 Å². The van der Waals surface area contributed by atoms with Crippen LogP contribution < -0.4 is 10.6 Å². The molecule has 2 N–H and O–H groups in total. The van der Waals surface area contributed by atoms with Crippen molar-refractivity contribution in [1.29, 1.82) is 0 Å². The fourth-order valence-corrected chi connectivity index (χ4v) is 3.76. The predicted molar refractivity (Wildman–Crippen MR) is 118 cm³/mol. The molecule has 0 radical (unpaired) electrons. The van der Waals surface area contributed by atoms with E-state index in [2.05, 4.69) is 10.6 Å². The molecule has 1 saturated heterocycles. The van der Waals surface area contributed by atoms with Gasteiger partial charge in [0.1, 0.15) is 12.1 Å². The number of fused-ring (bicyclic) bond motifs is 1. The van der Waals surface area contributed by atoms with Crippen molar-refractivity contribution in [3.63, 3.8) is 0 Å². The van der Waals surface area contributed by atoms with Crippen LogP contribution in [0.15, 0.2) is 60.7 Å². The Labute approximate surface area is 187 Å². The zero-order valence-electron chi connectivity index (χ0n) is 16.8. The number of urea groups is 1. The van der Waals surface area contributed by atoms with Crippen molar-refractivity contribution < 1.29 is 19.3 Å². The van der Waals surface area contributed by atoms with Crippen molar-refractivity contribution in [2.24, 2.45) is 0 Å². The summed E-state index contributed by atoms with van der Waals surface area (Å²) >= 11 is 5.99. The summed E-state index contributed by atoms with van der Waals surface area (Å²) in [5.41, 5.74) is -1.01. The van der Waals surface area contributed by atoms with Crippen molar-refractivity contribution in [3.8, 4) is 0 Å². The minimum Gasteiger partial charge on any atom is -0.323 e. The maximum atomic E-state index is 13.1. The van der Waals surface area contributed by atoms with E-state index in [1.165, 1.54) is 12.1 Å². The van der Waals surface area contributed by atoms with Crippen LogP contribution in [0.1, 0.15) is 12.5 Å². The SMILES string of the molecule is CC1(c2ccc3ccccc3c2)NC(=O)N(CC(=O)Nc2cc([N+](=O)[O-])ccc2Cl)C1=O. The predicted octanol–water partition coefficient (Wildman–Crippen LogP) is 3.81. The molecular formula is C22H17ClN4O5. The molecular weight excluding hydrogens is 436 g/mol. The minimum atomic E-state index is -1.34. The molecule has 1 aliphatic heterocycles. The summed E-state index contributed by atoms with van der Waals surface area (Å²) in [5, 5.41) is 18.0. The van der Waals surface area contributed by atoms with Gasteiger partial charge in [0.2, 0.25) is 5.91 Å². The number of amides is 4. The van der Waals surface area contributed by atoms with Gasteiger partial charge < -0.3 is 10.6 Å². The normalized spacial score (nSPS) is 18.0. The van der Waals surface area contributed by atoms with Crippen LogP contribution in [0.3, 0.4) is 0 Å². The first-order valence-electron chi connectivity index (χ1n) is 9.56. The monoisotopic (exact) mass is 452 g/mol. The standard InChI is InChI=1S/C22H17ClN4O5/c1-22(15-7-6-13-4-2-3-5-14(13)10-15)20(29)26(21(30)25-22)12-19(28)24-18-11-16(27(31)32)8-9-17(18)23/h2-11H,12H2,1H3,(H,24,28)(H,25,30). The van der Waals surface area contributed by atoms with E-state index in [9.17, 15) is 24.5 Å². The quantitative estimate of drug-likeness (QED) is 0.346. The summed E-state index contributed by atoms with van der Waals surface area (Å²) in [7, 11) is 0. The third-order valence-corrected chi connectivity index (χ3v) is 5.67. The van der Waals surface area contributed by atoms with Crippen LogP contribution in [0.25, 0.3) is 10.8 Å². The molecule has 3 aromatic rings. The van der Waals surface area contributed by atoms with E-state index in [0.717, 1.165) is 21.7 Å². The molecule has 0 aliphatic carbocycles. The number of anilines is 1. The Morgan fingerprint density at radius 3 is 2.56 bits per heavy atom. The lowest BCUT2D eigenvalue weighted by Crippen LogP contribution is -2.42. The average Bonchev–Trinajstić information content (AvgIpc) is 2.98. The lowest BCUT2D eigenvalue weighted by atomic mass is 9.90. The van der Waals surface area contributed by atoms with Gasteiger partial charge in [-0.3, -0.25) is 24.6 Å². The van der Waals surface area contributed by atoms with E-state index in [4.69, 9.17) is 11.6 Å². The van der Waals surface area contributed by atoms with Crippen LogP contribution in [0.5, 0.6) is 0 Å². The number of nitro groups is 1. The highest BCUT2D eigenvalue weighted by molar-refractivity contribution is 6.33. The Balaban J connectivity index is 1.54. The van der Waals surface area contributed by atoms with Gasteiger partial charge in [0.05, 0.1) is 15.6 Å². The first kappa shape index (κ1) is 21.3. The number of imide groups is 1. The summed E-state index contributed by atoms with van der Waals surface area (Å²) in [6, 6.07) is 15.9. The topological polar surface area (TPSA) is 122 Å². The smallest absolute Gasteiger partial charge is 0.323 e. The van der Waals surface area contributed by atoms with Crippen molar-refractivity contribution >= 4 is 51.6 Å². The first-order valence-corrected chi connectivity index (χ1v) is 9.94. The largest absolute Gasteiger partial charge is 0.325 e. The Kier molecular flexibility index (Phi) is 5.27. The number of nitro benzene ring substituents is 1. The van der Waals surface area contributed by atoms with E-state index in [-0.39, 0.29) is 16.4 Å². The molecule has 1 fully saturated rings. The molecule has 162 valence electrons. The number of nitrogens with one attached hydrogen (secondary N) is 2. The molecule has 1 aliphatic rings. The first-order chi connectivity index (χ1) is 15.2. The number of nitrogens with zero attached hydrogens (tertiary/aromatic N) is 2. The molecule has 9 nitrogen and oxygen atoms in total. The third-order valence-electron chi connectivity index (χ3n) is 5.34. The number of benzene rings is 3. The van der Waals surface area contributed by atoms with E-state index >= 15 is 0 Å². The Bertz CT molecular complexity index is 1290. The molecule has 32 heavy (non-hydrogen) atoms. The highest BCUT2D eigenvalue weighted by Gasteiger charge is 2.49. The van der Waals surface area contributed by atoms with Gasteiger partial charge >= 0.3 is 6.03 Å². The van der Waals surface area contributed by atoms with Gasteiger partial charge in [-0.2, -0.15) is 0 Å². The van der Waals surface area contributed by atoms with Crippen molar-refractivity contribution in [3.05, 3.63) is 81.4 Å². The molecule has 1 atom stereocenters. The lowest BCUT2D eigenvalue weighted by Gasteiger charge is -2.22. The van der Waals surface area contributed by atoms with Gasteiger partial charge in [-0.05, 0) is 35.4 Å². The molecule has 4 rings (SSSR count). The van der Waals surface area contributed by atoms with Gasteiger partial charge in [-0.15, -0.1) is 0 Å². The number of hydrogen-bond acceptors (Lipinski definition) is 5. The van der Waals surface area contributed by atoms with Crippen LogP contribution in [-0.2, 0) is 15.1 Å². The summed E-state index contributed by atoms with van der Waals surface area (Å²) in [6.45, 7) is 1.000. The van der Waals surface area contributed by atoms with Crippen LogP contribution >= 0.6 is 11.6 Å². The molecule has 4 amide bonds. The molecule has 1 unspecified atom stereocenters. The summed E-state index contributed by atoms with van der Waals surface area (Å²) in [6.07, 6.45) is 0. The fourth-order valence-electron chi connectivity index (χ4n) is 3.59. The maximum absolute atomic E-state index is 13.1. The summed E-state index contributed by atoms with van der Waals surface area (Å²) in [4.78, 5) is 49.3. The molecule has 0 saturated carbocycles. The van der Waals surface area contributed by atoms with E-state index in [1.54, 1.807) is 13.0 Å². The van der Waals surface area contributed by atoms with Crippen LogP contribution in [0.4, 0.5) is 16.2 Å². The van der Waals surface area contributed by atoms with Crippen LogP contribution in [0, 0.1) is 10.1 Å². The lowest BCUT2D eigenvalue weighted by molar-refractivity contribution is -0.384. The number of carbonyl (C=O) groups is 3. The second kappa shape index (κ2) is 7.93. The molecule has 3 aromatic carbocycles. The zero-order chi connectivity index (χ0) is 23.0. The number of carbonyl (C=O) groups excluding carboxylic acids is 3. The second-order valence-electron chi connectivity index (χ2n) is 7.48. The summed E-state index contributed by atoms with van der Waals surface area (Å²) in [5.74, 6) is -1.31. The molecule has 1 heterocycles. The van der Waals surface area contributed by atoms with Crippen molar-refractivity contribution in [2.45, 2.75) is 12.5 Å². The Morgan fingerprint density at radius 2 is 1.84 bits per heavy atom.